The average molecular weight is 178 g/mol. The predicted octanol–water partition coefficient (Wildman–Crippen LogP) is 1.68. The lowest BCUT2D eigenvalue weighted by molar-refractivity contribution is -0.0704. The van der Waals surface area contributed by atoms with Crippen molar-refractivity contribution in [2.45, 2.75) is 38.5 Å². The number of hydrogen-bond donors (Lipinski definition) is 0. The van der Waals surface area contributed by atoms with Crippen molar-refractivity contribution in [2.24, 2.45) is 0 Å². The van der Waals surface area contributed by atoms with Crippen LogP contribution in [0.15, 0.2) is 0 Å². The Bertz CT molecular complexity index is 119. The van der Waals surface area contributed by atoms with Crippen LogP contribution in [0.3, 0.4) is 0 Å². The molecule has 0 N–H and O–H groups in total. The van der Waals surface area contributed by atoms with Crippen LogP contribution < -0.4 is 0 Å². The summed E-state index contributed by atoms with van der Waals surface area (Å²) in [5.74, 6) is 0. The van der Waals surface area contributed by atoms with E-state index in [2.05, 4.69) is 18.7 Å². The highest BCUT2D eigenvalue weighted by Crippen LogP contribution is 2.14. The first-order valence-electron chi connectivity index (χ1n) is 4.13. The number of morpholine rings is 1. The van der Waals surface area contributed by atoms with E-state index in [4.69, 9.17) is 16.3 Å². The molecule has 0 radical (unpaired) electrons. The molecule has 2 nitrogen and oxygen atoms in total. The zero-order valence-corrected chi connectivity index (χ0v) is 8.14. The molecule has 0 aliphatic carbocycles. The molecule has 11 heavy (non-hydrogen) atoms. The fourth-order valence-electron chi connectivity index (χ4n) is 1.51. The maximum atomic E-state index is 5.96. The van der Waals surface area contributed by atoms with Gasteiger partial charge in [-0.15, -0.1) is 11.6 Å². The molecule has 1 aliphatic heterocycles. The van der Waals surface area contributed by atoms with Gasteiger partial charge >= 0.3 is 0 Å². The third kappa shape index (κ3) is 2.62. The van der Waals surface area contributed by atoms with Crippen molar-refractivity contribution in [2.75, 3.05) is 13.1 Å². The predicted molar refractivity (Wildman–Crippen MR) is 46.9 cm³/mol. The van der Waals surface area contributed by atoms with E-state index < -0.39 is 0 Å². The topological polar surface area (TPSA) is 12.5 Å². The zero-order valence-electron chi connectivity index (χ0n) is 7.38. The fraction of sp³-hybridized carbons (Fsp3) is 1.00. The summed E-state index contributed by atoms with van der Waals surface area (Å²) < 4.78 is 5.57. The monoisotopic (exact) mass is 177 g/mol. The van der Waals surface area contributed by atoms with E-state index in [1.165, 1.54) is 0 Å². The first-order chi connectivity index (χ1) is 5.09. The molecule has 0 saturated carbocycles. The largest absolute Gasteiger partial charge is 0.373 e. The second kappa shape index (κ2) is 3.74. The summed E-state index contributed by atoms with van der Waals surface area (Å²) >= 11 is 5.96. The van der Waals surface area contributed by atoms with E-state index in [0.29, 0.717) is 12.2 Å². The van der Waals surface area contributed by atoms with Crippen LogP contribution in [0.2, 0.25) is 0 Å². The van der Waals surface area contributed by atoms with E-state index >= 15 is 0 Å². The van der Waals surface area contributed by atoms with Gasteiger partial charge < -0.3 is 4.74 Å². The molecule has 0 aromatic heterocycles. The van der Waals surface area contributed by atoms with Gasteiger partial charge in [-0.2, -0.15) is 0 Å². The normalized spacial score (nSPS) is 37.1. The standard InChI is InChI=1S/C8H16ClNO/c1-6-4-10(8(3)9)5-7(2)11-6/h6-8H,4-5H2,1-3H3. The number of halogens is 1. The van der Waals surface area contributed by atoms with Gasteiger partial charge in [-0.3, -0.25) is 4.90 Å². The van der Waals surface area contributed by atoms with Gasteiger partial charge in [-0.05, 0) is 20.8 Å². The SMILES string of the molecule is CC1CN(C(C)Cl)CC(C)O1. The van der Waals surface area contributed by atoms with Crippen LogP contribution in [-0.2, 0) is 4.74 Å². The highest BCUT2D eigenvalue weighted by atomic mass is 35.5. The minimum absolute atomic E-state index is 0.129. The van der Waals surface area contributed by atoms with Gasteiger partial charge in [-0.1, -0.05) is 0 Å². The van der Waals surface area contributed by atoms with Crippen LogP contribution in [0.5, 0.6) is 0 Å². The van der Waals surface area contributed by atoms with Crippen molar-refractivity contribution in [3.05, 3.63) is 0 Å². The third-order valence-electron chi connectivity index (χ3n) is 1.95. The van der Waals surface area contributed by atoms with Crippen molar-refractivity contribution in [1.29, 1.82) is 0 Å². The molecule has 3 heteroatoms. The summed E-state index contributed by atoms with van der Waals surface area (Å²) in [5.41, 5.74) is 0.129. The van der Waals surface area contributed by atoms with E-state index in [9.17, 15) is 0 Å². The molecule has 1 rings (SSSR count). The third-order valence-corrected chi connectivity index (χ3v) is 2.23. The summed E-state index contributed by atoms with van der Waals surface area (Å²) in [6.45, 7) is 8.08. The van der Waals surface area contributed by atoms with Crippen LogP contribution in [0.25, 0.3) is 0 Å². The molecule has 0 amide bonds. The Morgan fingerprint density at radius 1 is 1.36 bits per heavy atom. The van der Waals surface area contributed by atoms with Crippen molar-refractivity contribution < 1.29 is 4.74 Å². The minimum Gasteiger partial charge on any atom is -0.373 e. The second-order valence-electron chi connectivity index (χ2n) is 3.29. The van der Waals surface area contributed by atoms with Gasteiger partial charge in [0.1, 0.15) is 0 Å². The summed E-state index contributed by atoms with van der Waals surface area (Å²) in [4.78, 5) is 2.24. The highest BCUT2D eigenvalue weighted by Gasteiger charge is 2.24. The Labute approximate surface area is 73.5 Å². The van der Waals surface area contributed by atoms with Gasteiger partial charge in [-0.25, -0.2) is 0 Å². The zero-order chi connectivity index (χ0) is 8.43. The number of ether oxygens (including phenoxy) is 1. The van der Waals surface area contributed by atoms with Crippen LogP contribution >= 0.6 is 11.6 Å². The van der Waals surface area contributed by atoms with Crippen LogP contribution in [0.1, 0.15) is 20.8 Å². The Morgan fingerprint density at radius 3 is 2.18 bits per heavy atom. The van der Waals surface area contributed by atoms with Crippen molar-refractivity contribution in [3.63, 3.8) is 0 Å². The maximum Gasteiger partial charge on any atom is 0.0823 e. The van der Waals surface area contributed by atoms with Crippen LogP contribution in [0.4, 0.5) is 0 Å². The molecule has 1 heterocycles. The van der Waals surface area contributed by atoms with Gasteiger partial charge in [0.2, 0.25) is 0 Å². The van der Waals surface area contributed by atoms with E-state index in [1.54, 1.807) is 0 Å². The summed E-state index contributed by atoms with van der Waals surface area (Å²) in [6.07, 6.45) is 0.639. The number of alkyl halides is 1. The minimum atomic E-state index is 0.129. The van der Waals surface area contributed by atoms with Gasteiger partial charge in [0.05, 0.1) is 17.7 Å². The smallest absolute Gasteiger partial charge is 0.0823 e. The average Bonchev–Trinajstić information content (AvgIpc) is 1.85. The lowest BCUT2D eigenvalue weighted by Gasteiger charge is -2.36. The first-order valence-corrected chi connectivity index (χ1v) is 4.57. The Kier molecular flexibility index (Phi) is 3.16. The van der Waals surface area contributed by atoms with Crippen molar-refractivity contribution in [3.8, 4) is 0 Å². The molecular weight excluding hydrogens is 162 g/mol. The fourth-order valence-corrected chi connectivity index (χ4v) is 1.67. The van der Waals surface area contributed by atoms with E-state index in [1.807, 2.05) is 6.92 Å². The molecule has 1 saturated heterocycles. The molecule has 1 aliphatic rings. The molecular formula is C8H16ClNO. The van der Waals surface area contributed by atoms with Gasteiger partial charge in [0, 0.05) is 13.1 Å². The summed E-state index contributed by atoms with van der Waals surface area (Å²) in [5, 5.41) is 0. The summed E-state index contributed by atoms with van der Waals surface area (Å²) in [6, 6.07) is 0. The molecule has 1 fully saturated rings. The Balaban J connectivity index is 2.43. The maximum absolute atomic E-state index is 5.96. The molecule has 0 bridgehead atoms. The van der Waals surface area contributed by atoms with Gasteiger partial charge in [0.25, 0.3) is 0 Å². The molecule has 66 valence electrons. The highest BCUT2D eigenvalue weighted by molar-refractivity contribution is 6.20. The lowest BCUT2D eigenvalue weighted by Crippen LogP contribution is -2.47. The number of nitrogens with zero attached hydrogens (tertiary/aromatic N) is 1. The first kappa shape index (κ1) is 9.30. The molecule has 0 aromatic rings. The van der Waals surface area contributed by atoms with E-state index in [-0.39, 0.29) is 5.50 Å². The molecule has 3 unspecified atom stereocenters. The Morgan fingerprint density at radius 2 is 1.82 bits per heavy atom. The van der Waals surface area contributed by atoms with Crippen LogP contribution in [-0.4, -0.2) is 35.7 Å². The summed E-state index contributed by atoms with van der Waals surface area (Å²) in [7, 11) is 0. The van der Waals surface area contributed by atoms with Gasteiger partial charge in [0.15, 0.2) is 0 Å². The number of hydrogen-bond acceptors (Lipinski definition) is 2. The van der Waals surface area contributed by atoms with Crippen molar-refractivity contribution >= 4 is 11.6 Å². The quantitative estimate of drug-likeness (QED) is 0.447. The van der Waals surface area contributed by atoms with Crippen molar-refractivity contribution in [1.82, 2.24) is 4.90 Å². The molecule has 3 atom stereocenters. The lowest BCUT2D eigenvalue weighted by atomic mass is 10.2. The van der Waals surface area contributed by atoms with E-state index in [0.717, 1.165) is 13.1 Å². The Hall–Kier alpha value is 0.210. The molecule has 0 spiro atoms. The van der Waals surface area contributed by atoms with Crippen LogP contribution in [0, 0.1) is 0 Å². The number of rotatable bonds is 1. The second-order valence-corrected chi connectivity index (χ2v) is 3.92. The molecule has 0 aromatic carbocycles.